The molecule has 16 heavy (non-hydrogen) atoms. The van der Waals surface area contributed by atoms with Crippen LogP contribution in [0.4, 0.5) is 0 Å². The summed E-state index contributed by atoms with van der Waals surface area (Å²) in [7, 11) is 0. The van der Waals surface area contributed by atoms with Crippen molar-refractivity contribution in [3.8, 4) is 0 Å². The molecule has 0 saturated carbocycles. The number of nitrogens with one attached hydrogen (secondary N) is 1. The standard InChI is InChI=1S/C12H16N2.C2H6/c1-4-8(2)10-5-6-11-12(7-10)14-9(3)13-11;1-2/h5-8H,4H2,1-3H3,(H,13,14);1-2H3. The predicted molar refractivity (Wildman–Crippen MR) is 70.9 cm³/mol. The number of aromatic nitrogens is 2. The zero-order chi connectivity index (χ0) is 12.1. The Bertz CT molecular complexity index is 443. The molecule has 0 radical (unpaired) electrons. The minimum absolute atomic E-state index is 0.628. The van der Waals surface area contributed by atoms with Gasteiger partial charge in [-0.05, 0) is 37.0 Å². The molecule has 2 heteroatoms. The number of hydrogen-bond donors (Lipinski definition) is 1. The van der Waals surface area contributed by atoms with Gasteiger partial charge in [0.1, 0.15) is 5.82 Å². The second kappa shape index (κ2) is 5.69. The van der Waals surface area contributed by atoms with Gasteiger partial charge in [-0.25, -0.2) is 4.98 Å². The van der Waals surface area contributed by atoms with Crippen LogP contribution >= 0.6 is 0 Å². The summed E-state index contributed by atoms with van der Waals surface area (Å²) in [5, 5.41) is 0. The van der Waals surface area contributed by atoms with Crippen LogP contribution in [0, 0.1) is 6.92 Å². The zero-order valence-electron chi connectivity index (χ0n) is 11.0. The SMILES string of the molecule is CC.CCC(C)c1ccc2nc(C)[nH]c2c1. The molecular weight excluding hydrogens is 196 g/mol. The third-order valence-corrected chi connectivity index (χ3v) is 2.81. The number of nitrogens with zero attached hydrogens (tertiary/aromatic N) is 1. The summed E-state index contributed by atoms with van der Waals surface area (Å²) in [6.07, 6.45) is 1.18. The quantitative estimate of drug-likeness (QED) is 0.794. The van der Waals surface area contributed by atoms with Gasteiger partial charge >= 0.3 is 0 Å². The van der Waals surface area contributed by atoms with Crippen molar-refractivity contribution in [3.63, 3.8) is 0 Å². The molecule has 2 nitrogen and oxygen atoms in total. The number of fused-ring (bicyclic) bond motifs is 1. The first kappa shape index (κ1) is 12.8. The highest BCUT2D eigenvalue weighted by Gasteiger charge is 2.05. The Labute approximate surface area is 98.1 Å². The molecule has 1 aromatic heterocycles. The minimum Gasteiger partial charge on any atom is -0.342 e. The Morgan fingerprint density at radius 3 is 2.62 bits per heavy atom. The van der Waals surface area contributed by atoms with E-state index in [1.807, 2.05) is 20.8 Å². The van der Waals surface area contributed by atoms with Crippen LogP contribution in [0.5, 0.6) is 0 Å². The van der Waals surface area contributed by atoms with E-state index in [0.29, 0.717) is 5.92 Å². The lowest BCUT2D eigenvalue weighted by molar-refractivity contribution is 0.734. The number of aryl methyl sites for hydroxylation is 1. The van der Waals surface area contributed by atoms with Crippen molar-refractivity contribution in [2.45, 2.75) is 47.0 Å². The van der Waals surface area contributed by atoms with E-state index >= 15 is 0 Å². The lowest BCUT2D eigenvalue weighted by atomic mass is 9.98. The molecule has 0 bridgehead atoms. The van der Waals surface area contributed by atoms with Crippen LogP contribution in [-0.2, 0) is 0 Å². The highest BCUT2D eigenvalue weighted by Crippen LogP contribution is 2.22. The highest BCUT2D eigenvalue weighted by molar-refractivity contribution is 5.75. The van der Waals surface area contributed by atoms with Gasteiger partial charge in [-0.3, -0.25) is 0 Å². The molecule has 0 aliphatic carbocycles. The van der Waals surface area contributed by atoms with Crippen molar-refractivity contribution in [2.24, 2.45) is 0 Å². The first-order chi connectivity index (χ1) is 7.70. The van der Waals surface area contributed by atoms with E-state index in [2.05, 4.69) is 42.0 Å². The maximum atomic E-state index is 4.38. The molecule has 1 heterocycles. The second-order valence-corrected chi connectivity index (χ2v) is 3.91. The van der Waals surface area contributed by atoms with Crippen molar-refractivity contribution >= 4 is 11.0 Å². The Morgan fingerprint density at radius 2 is 2.00 bits per heavy atom. The smallest absolute Gasteiger partial charge is 0.104 e. The summed E-state index contributed by atoms with van der Waals surface area (Å²) >= 11 is 0. The van der Waals surface area contributed by atoms with Gasteiger partial charge in [-0.1, -0.05) is 33.8 Å². The molecule has 0 aliphatic heterocycles. The Balaban J connectivity index is 0.000000606. The van der Waals surface area contributed by atoms with Crippen LogP contribution in [0.3, 0.4) is 0 Å². The third kappa shape index (κ3) is 2.63. The molecule has 2 rings (SSSR count). The van der Waals surface area contributed by atoms with Gasteiger partial charge in [-0.15, -0.1) is 0 Å². The second-order valence-electron chi connectivity index (χ2n) is 3.91. The number of rotatable bonds is 2. The molecule has 0 aliphatic rings. The predicted octanol–water partition coefficient (Wildman–Crippen LogP) is 4.41. The summed E-state index contributed by atoms with van der Waals surface area (Å²) in [6.45, 7) is 10.5. The van der Waals surface area contributed by atoms with Crippen molar-refractivity contribution in [1.29, 1.82) is 0 Å². The van der Waals surface area contributed by atoms with E-state index in [-0.39, 0.29) is 0 Å². The van der Waals surface area contributed by atoms with E-state index in [4.69, 9.17) is 0 Å². The zero-order valence-corrected chi connectivity index (χ0v) is 11.0. The fourth-order valence-electron chi connectivity index (χ4n) is 1.70. The Morgan fingerprint density at radius 1 is 1.31 bits per heavy atom. The third-order valence-electron chi connectivity index (χ3n) is 2.81. The molecular formula is C14H22N2. The fraction of sp³-hybridized carbons (Fsp3) is 0.500. The van der Waals surface area contributed by atoms with Gasteiger partial charge in [0.25, 0.3) is 0 Å². The number of H-pyrrole nitrogens is 1. The molecule has 1 unspecified atom stereocenters. The molecule has 0 fully saturated rings. The topological polar surface area (TPSA) is 28.7 Å². The normalized spacial score (nSPS) is 12.1. The monoisotopic (exact) mass is 218 g/mol. The fourth-order valence-corrected chi connectivity index (χ4v) is 1.70. The average Bonchev–Trinajstić information content (AvgIpc) is 2.69. The molecule has 88 valence electrons. The summed E-state index contributed by atoms with van der Waals surface area (Å²) < 4.78 is 0. The van der Waals surface area contributed by atoms with Crippen LogP contribution < -0.4 is 0 Å². The summed E-state index contributed by atoms with van der Waals surface area (Å²) in [4.78, 5) is 7.65. The highest BCUT2D eigenvalue weighted by atomic mass is 14.9. The lowest BCUT2D eigenvalue weighted by Gasteiger charge is -2.07. The molecule has 0 amide bonds. The lowest BCUT2D eigenvalue weighted by Crippen LogP contribution is -1.90. The van der Waals surface area contributed by atoms with Crippen LogP contribution in [-0.4, -0.2) is 9.97 Å². The number of imidazole rings is 1. The minimum atomic E-state index is 0.628. The van der Waals surface area contributed by atoms with Gasteiger partial charge in [0.15, 0.2) is 0 Å². The van der Waals surface area contributed by atoms with Gasteiger partial charge < -0.3 is 4.98 Å². The molecule has 1 atom stereocenters. The van der Waals surface area contributed by atoms with Crippen molar-refractivity contribution in [2.75, 3.05) is 0 Å². The van der Waals surface area contributed by atoms with Gasteiger partial charge in [0.2, 0.25) is 0 Å². The van der Waals surface area contributed by atoms with Gasteiger partial charge in [0, 0.05) is 0 Å². The van der Waals surface area contributed by atoms with Crippen molar-refractivity contribution < 1.29 is 0 Å². The van der Waals surface area contributed by atoms with E-state index in [9.17, 15) is 0 Å². The van der Waals surface area contributed by atoms with Crippen molar-refractivity contribution in [1.82, 2.24) is 9.97 Å². The van der Waals surface area contributed by atoms with E-state index in [1.54, 1.807) is 0 Å². The van der Waals surface area contributed by atoms with Crippen LogP contribution in [0.25, 0.3) is 11.0 Å². The van der Waals surface area contributed by atoms with Crippen LogP contribution in [0.15, 0.2) is 18.2 Å². The van der Waals surface area contributed by atoms with Gasteiger partial charge in [0.05, 0.1) is 11.0 Å². The maximum absolute atomic E-state index is 4.38. The average molecular weight is 218 g/mol. The first-order valence-electron chi connectivity index (χ1n) is 6.17. The van der Waals surface area contributed by atoms with Crippen molar-refractivity contribution in [3.05, 3.63) is 29.6 Å². The van der Waals surface area contributed by atoms with Crippen LogP contribution in [0.1, 0.15) is 51.4 Å². The first-order valence-corrected chi connectivity index (χ1v) is 6.17. The summed E-state index contributed by atoms with van der Waals surface area (Å²) in [6, 6.07) is 6.49. The number of aromatic amines is 1. The number of benzene rings is 1. The molecule has 1 N–H and O–H groups in total. The summed E-state index contributed by atoms with van der Waals surface area (Å²) in [5.41, 5.74) is 3.61. The maximum Gasteiger partial charge on any atom is 0.104 e. The Hall–Kier alpha value is -1.31. The molecule has 2 aromatic rings. The van der Waals surface area contributed by atoms with E-state index in [1.165, 1.54) is 12.0 Å². The molecule has 1 aromatic carbocycles. The molecule has 0 spiro atoms. The largest absolute Gasteiger partial charge is 0.342 e. The molecule has 0 saturated heterocycles. The van der Waals surface area contributed by atoms with Crippen LogP contribution in [0.2, 0.25) is 0 Å². The number of hydrogen-bond acceptors (Lipinski definition) is 1. The van der Waals surface area contributed by atoms with E-state index < -0.39 is 0 Å². The Kier molecular flexibility index (Phi) is 4.53. The van der Waals surface area contributed by atoms with E-state index in [0.717, 1.165) is 16.9 Å². The van der Waals surface area contributed by atoms with Gasteiger partial charge in [-0.2, -0.15) is 0 Å². The summed E-state index contributed by atoms with van der Waals surface area (Å²) in [5.74, 6) is 1.62.